The molecule has 0 saturated carbocycles. The predicted octanol–water partition coefficient (Wildman–Crippen LogP) is -0.0422. The summed E-state index contributed by atoms with van der Waals surface area (Å²) in [5, 5.41) is 6.70. The van der Waals surface area contributed by atoms with Crippen LogP contribution in [-0.2, 0) is 0 Å². The van der Waals surface area contributed by atoms with Gasteiger partial charge in [0.05, 0.1) is 0 Å². The van der Waals surface area contributed by atoms with Gasteiger partial charge in [-0.1, -0.05) is 0 Å². The van der Waals surface area contributed by atoms with Crippen molar-refractivity contribution in [2.75, 3.05) is 19.6 Å². The zero-order valence-electron chi connectivity index (χ0n) is 5.41. The average Bonchev–Trinajstić information content (AvgIpc) is 1.94. The summed E-state index contributed by atoms with van der Waals surface area (Å²) in [5.74, 6) is 0. The molecule has 2 heteroatoms. The van der Waals surface area contributed by atoms with E-state index in [-0.39, 0.29) is 0 Å². The molecule has 1 atom stereocenters. The first-order valence-electron chi connectivity index (χ1n) is 3.33. The molecule has 0 aromatic carbocycles. The SMILES string of the molecule is C[C@@H]1CCNCCN1. The van der Waals surface area contributed by atoms with E-state index in [0.29, 0.717) is 6.04 Å². The zero-order valence-corrected chi connectivity index (χ0v) is 5.41. The molecule has 0 bridgehead atoms. The van der Waals surface area contributed by atoms with E-state index in [2.05, 4.69) is 17.6 Å². The normalized spacial score (nSPS) is 31.9. The van der Waals surface area contributed by atoms with Crippen molar-refractivity contribution in [2.45, 2.75) is 19.4 Å². The van der Waals surface area contributed by atoms with Gasteiger partial charge in [0, 0.05) is 19.1 Å². The van der Waals surface area contributed by atoms with Crippen LogP contribution < -0.4 is 10.6 Å². The molecule has 0 unspecified atom stereocenters. The molecule has 0 aromatic heterocycles. The highest BCUT2D eigenvalue weighted by Gasteiger charge is 2.02. The number of hydrogen-bond donors (Lipinski definition) is 2. The van der Waals surface area contributed by atoms with Crippen LogP contribution in [0.5, 0.6) is 0 Å². The molecule has 1 aliphatic rings. The van der Waals surface area contributed by atoms with Crippen molar-refractivity contribution in [1.29, 1.82) is 0 Å². The fraction of sp³-hybridized carbons (Fsp3) is 1.00. The lowest BCUT2D eigenvalue weighted by molar-refractivity contribution is 0.565. The summed E-state index contributed by atoms with van der Waals surface area (Å²) < 4.78 is 0. The largest absolute Gasteiger partial charge is 0.315 e. The molecule has 1 rings (SSSR count). The third kappa shape index (κ3) is 1.80. The van der Waals surface area contributed by atoms with Crippen molar-refractivity contribution in [2.24, 2.45) is 0 Å². The molecular weight excluding hydrogens is 100 g/mol. The highest BCUT2D eigenvalue weighted by molar-refractivity contribution is 4.67. The van der Waals surface area contributed by atoms with Crippen molar-refractivity contribution >= 4 is 0 Å². The van der Waals surface area contributed by atoms with E-state index in [1.165, 1.54) is 13.0 Å². The fourth-order valence-electron chi connectivity index (χ4n) is 0.953. The zero-order chi connectivity index (χ0) is 5.82. The van der Waals surface area contributed by atoms with Crippen LogP contribution in [0.3, 0.4) is 0 Å². The van der Waals surface area contributed by atoms with Gasteiger partial charge in [-0.2, -0.15) is 0 Å². The minimum Gasteiger partial charge on any atom is -0.315 e. The maximum absolute atomic E-state index is 3.38. The third-order valence-electron chi connectivity index (χ3n) is 1.55. The Bertz CT molecular complexity index is 55.5. The summed E-state index contributed by atoms with van der Waals surface area (Å²) >= 11 is 0. The van der Waals surface area contributed by atoms with Gasteiger partial charge in [-0.3, -0.25) is 0 Å². The van der Waals surface area contributed by atoms with Crippen LogP contribution in [0.2, 0.25) is 0 Å². The van der Waals surface area contributed by atoms with E-state index in [1.54, 1.807) is 0 Å². The second kappa shape index (κ2) is 3.05. The number of rotatable bonds is 0. The molecule has 1 aliphatic heterocycles. The minimum atomic E-state index is 0.713. The maximum Gasteiger partial charge on any atom is 0.00792 e. The Morgan fingerprint density at radius 3 is 3.00 bits per heavy atom. The van der Waals surface area contributed by atoms with Gasteiger partial charge in [0.1, 0.15) is 0 Å². The van der Waals surface area contributed by atoms with Crippen molar-refractivity contribution in [3.05, 3.63) is 0 Å². The summed E-state index contributed by atoms with van der Waals surface area (Å²) in [6, 6.07) is 0.713. The van der Waals surface area contributed by atoms with E-state index in [0.717, 1.165) is 13.1 Å². The van der Waals surface area contributed by atoms with E-state index >= 15 is 0 Å². The predicted molar refractivity (Wildman–Crippen MR) is 35.0 cm³/mol. The smallest absolute Gasteiger partial charge is 0.00792 e. The lowest BCUT2D eigenvalue weighted by Crippen LogP contribution is -2.26. The molecule has 2 nitrogen and oxygen atoms in total. The summed E-state index contributed by atoms with van der Waals surface area (Å²) in [5.41, 5.74) is 0. The molecular formula is C6H14N2. The molecule has 1 saturated heterocycles. The van der Waals surface area contributed by atoms with Crippen LogP contribution in [0.25, 0.3) is 0 Å². The first-order valence-corrected chi connectivity index (χ1v) is 3.33. The Morgan fingerprint density at radius 2 is 2.12 bits per heavy atom. The molecule has 0 amide bonds. The van der Waals surface area contributed by atoms with Crippen LogP contribution in [0.1, 0.15) is 13.3 Å². The molecule has 0 aromatic rings. The van der Waals surface area contributed by atoms with Crippen LogP contribution in [0, 0.1) is 0 Å². The fourth-order valence-corrected chi connectivity index (χ4v) is 0.953. The summed E-state index contributed by atoms with van der Waals surface area (Å²) in [4.78, 5) is 0. The second-order valence-corrected chi connectivity index (χ2v) is 2.39. The van der Waals surface area contributed by atoms with E-state index in [1.807, 2.05) is 0 Å². The highest BCUT2D eigenvalue weighted by atomic mass is 15.0. The van der Waals surface area contributed by atoms with Gasteiger partial charge in [0.25, 0.3) is 0 Å². The maximum atomic E-state index is 3.38. The van der Waals surface area contributed by atoms with Crippen LogP contribution in [0.4, 0.5) is 0 Å². The van der Waals surface area contributed by atoms with Crippen LogP contribution in [-0.4, -0.2) is 25.7 Å². The lowest BCUT2D eigenvalue weighted by atomic mass is 10.2. The quantitative estimate of drug-likeness (QED) is 0.461. The first-order chi connectivity index (χ1) is 3.89. The van der Waals surface area contributed by atoms with Gasteiger partial charge in [-0.05, 0) is 19.9 Å². The van der Waals surface area contributed by atoms with Gasteiger partial charge < -0.3 is 10.6 Å². The first kappa shape index (κ1) is 6.05. The lowest BCUT2D eigenvalue weighted by Gasteiger charge is -2.05. The van der Waals surface area contributed by atoms with Crippen molar-refractivity contribution in [3.63, 3.8) is 0 Å². The van der Waals surface area contributed by atoms with Gasteiger partial charge >= 0.3 is 0 Å². The third-order valence-corrected chi connectivity index (χ3v) is 1.55. The second-order valence-electron chi connectivity index (χ2n) is 2.39. The Kier molecular flexibility index (Phi) is 2.30. The van der Waals surface area contributed by atoms with Crippen molar-refractivity contribution in [3.8, 4) is 0 Å². The Hall–Kier alpha value is -0.0800. The van der Waals surface area contributed by atoms with Crippen molar-refractivity contribution < 1.29 is 0 Å². The molecule has 1 heterocycles. The molecule has 0 radical (unpaired) electrons. The van der Waals surface area contributed by atoms with Crippen LogP contribution >= 0.6 is 0 Å². The van der Waals surface area contributed by atoms with E-state index < -0.39 is 0 Å². The Balaban J connectivity index is 2.17. The standard InChI is InChI=1S/C6H14N2/c1-6-2-3-7-4-5-8-6/h6-8H,2-5H2,1H3/t6-/m1/s1. The topological polar surface area (TPSA) is 24.1 Å². The summed E-state index contributed by atoms with van der Waals surface area (Å²) in [6.07, 6.45) is 1.26. The molecule has 2 N–H and O–H groups in total. The molecule has 48 valence electrons. The molecule has 0 spiro atoms. The van der Waals surface area contributed by atoms with Gasteiger partial charge in [-0.15, -0.1) is 0 Å². The Morgan fingerprint density at radius 1 is 1.25 bits per heavy atom. The number of nitrogens with one attached hydrogen (secondary N) is 2. The molecule has 8 heavy (non-hydrogen) atoms. The van der Waals surface area contributed by atoms with Gasteiger partial charge in [-0.25, -0.2) is 0 Å². The van der Waals surface area contributed by atoms with Crippen molar-refractivity contribution in [1.82, 2.24) is 10.6 Å². The van der Waals surface area contributed by atoms with E-state index in [9.17, 15) is 0 Å². The molecule has 0 aliphatic carbocycles. The van der Waals surface area contributed by atoms with Gasteiger partial charge in [0.15, 0.2) is 0 Å². The van der Waals surface area contributed by atoms with Crippen LogP contribution in [0.15, 0.2) is 0 Å². The molecule has 1 fully saturated rings. The minimum absolute atomic E-state index is 0.713. The van der Waals surface area contributed by atoms with E-state index in [4.69, 9.17) is 0 Å². The van der Waals surface area contributed by atoms with Gasteiger partial charge in [0.2, 0.25) is 0 Å². The summed E-state index contributed by atoms with van der Waals surface area (Å²) in [6.45, 7) is 5.66. The monoisotopic (exact) mass is 114 g/mol. The average molecular weight is 114 g/mol. The summed E-state index contributed by atoms with van der Waals surface area (Å²) in [7, 11) is 0. The Labute approximate surface area is 50.7 Å². The number of hydrogen-bond acceptors (Lipinski definition) is 2. The highest BCUT2D eigenvalue weighted by Crippen LogP contribution is 1.89.